The van der Waals surface area contributed by atoms with Gasteiger partial charge in [-0.3, -0.25) is 0 Å². The van der Waals surface area contributed by atoms with Gasteiger partial charge in [0.15, 0.2) is 0 Å². The van der Waals surface area contributed by atoms with Crippen LogP contribution in [0.4, 0.5) is 0 Å². The highest BCUT2D eigenvalue weighted by atomic mass is 16.5. The predicted molar refractivity (Wildman–Crippen MR) is 34.8 cm³/mol. The summed E-state index contributed by atoms with van der Waals surface area (Å²) >= 11 is 0. The highest BCUT2D eigenvalue weighted by Gasteiger charge is 1.95. The second-order valence-electron chi connectivity index (χ2n) is 1.84. The lowest BCUT2D eigenvalue weighted by molar-refractivity contribution is 0.0721. The summed E-state index contributed by atoms with van der Waals surface area (Å²) in [5, 5.41) is 0. The zero-order valence-corrected chi connectivity index (χ0v) is 5.68. The Hall–Kier alpha value is -0.0800. The molecule has 0 aliphatic rings. The van der Waals surface area contributed by atoms with Crippen LogP contribution in [-0.2, 0) is 4.74 Å². The van der Waals surface area contributed by atoms with Crippen molar-refractivity contribution in [3.8, 4) is 0 Å². The lowest BCUT2D eigenvalue weighted by atomic mass is 10.3. The Balaban J connectivity index is 2.92. The van der Waals surface area contributed by atoms with Crippen LogP contribution in [0.2, 0.25) is 0 Å². The van der Waals surface area contributed by atoms with E-state index in [1.807, 2.05) is 13.8 Å². The van der Waals surface area contributed by atoms with Crippen molar-refractivity contribution in [2.45, 2.75) is 26.4 Å². The minimum atomic E-state index is 0.338. The van der Waals surface area contributed by atoms with Gasteiger partial charge in [0.1, 0.15) is 0 Å². The van der Waals surface area contributed by atoms with E-state index in [-0.39, 0.29) is 0 Å². The Morgan fingerprint density at radius 2 is 2.25 bits per heavy atom. The highest BCUT2D eigenvalue weighted by molar-refractivity contribution is 4.48. The van der Waals surface area contributed by atoms with Crippen molar-refractivity contribution in [2.75, 3.05) is 13.2 Å². The van der Waals surface area contributed by atoms with Gasteiger partial charge in [-0.25, -0.2) is 0 Å². The van der Waals surface area contributed by atoms with E-state index in [0.29, 0.717) is 6.10 Å². The van der Waals surface area contributed by atoms with Crippen molar-refractivity contribution in [3.05, 3.63) is 0 Å². The summed E-state index contributed by atoms with van der Waals surface area (Å²) in [6.07, 6.45) is 1.30. The van der Waals surface area contributed by atoms with E-state index in [0.717, 1.165) is 19.6 Å². The maximum atomic E-state index is 5.28. The van der Waals surface area contributed by atoms with Crippen LogP contribution in [0.15, 0.2) is 0 Å². The van der Waals surface area contributed by atoms with Crippen LogP contribution in [0.3, 0.4) is 0 Å². The van der Waals surface area contributed by atoms with Crippen LogP contribution < -0.4 is 5.73 Å². The molecule has 8 heavy (non-hydrogen) atoms. The lowest BCUT2D eigenvalue weighted by Gasteiger charge is -2.07. The molecule has 0 bridgehead atoms. The second kappa shape index (κ2) is 5.06. The average Bonchev–Trinajstić information content (AvgIpc) is 1.68. The molecule has 2 heteroatoms. The fraction of sp³-hybridized carbons (Fsp3) is 1.00. The maximum absolute atomic E-state index is 5.28. The van der Waals surface area contributed by atoms with Gasteiger partial charge in [0.05, 0.1) is 6.10 Å². The van der Waals surface area contributed by atoms with Gasteiger partial charge in [0.2, 0.25) is 0 Å². The Labute approximate surface area is 51.0 Å². The molecule has 50 valence electrons. The third-order valence-corrected chi connectivity index (χ3v) is 1.02. The highest BCUT2D eigenvalue weighted by Crippen LogP contribution is 1.92. The molecule has 0 amide bonds. The van der Waals surface area contributed by atoms with Crippen molar-refractivity contribution in [1.82, 2.24) is 0 Å². The number of nitrogens with two attached hydrogens (primary N) is 1. The zero-order valence-electron chi connectivity index (χ0n) is 5.68. The molecule has 0 heterocycles. The van der Waals surface area contributed by atoms with Crippen molar-refractivity contribution in [2.24, 2.45) is 5.73 Å². The second-order valence-corrected chi connectivity index (χ2v) is 1.84. The molecule has 0 spiro atoms. The lowest BCUT2D eigenvalue weighted by Crippen LogP contribution is -2.13. The first-order chi connectivity index (χ1) is 3.81. The fourth-order valence-electron chi connectivity index (χ4n) is 0.603. The van der Waals surface area contributed by atoms with E-state index in [1.165, 1.54) is 0 Å². The first-order valence-electron chi connectivity index (χ1n) is 3.13. The summed E-state index contributed by atoms with van der Waals surface area (Å²) in [5.74, 6) is 0. The van der Waals surface area contributed by atoms with E-state index >= 15 is 0 Å². The predicted octanol–water partition coefficient (Wildman–Crippen LogP) is 0.760. The summed E-state index contributed by atoms with van der Waals surface area (Å²) in [6.45, 7) is 5.55. The smallest absolute Gasteiger partial charge is 0.0558 e. The van der Waals surface area contributed by atoms with Crippen molar-refractivity contribution in [1.29, 1.82) is 0 Å². The van der Waals surface area contributed by atoms with E-state index < -0.39 is 0 Å². The summed E-state index contributed by atoms with van der Waals surface area (Å²) in [7, 11) is 0. The Kier molecular flexibility index (Phi) is 5.01. The molecule has 0 radical (unpaired) electrons. The van der Waals surface area contributed by atoms with E-state index in [9.17, 15) is 0 Å². The van der Waals surface area contributed by atoms with Gasteiger partial charge in [-0.1, -0.05) is 0 Å². The molecule has 0 unspecified atom stereocenters. The number of ether oxygens (including phenoxy) is 1. The third-order valence-electron chi connectivity index (χ3n) is 1.02. The molecule has 0 fully saturated rings. The van der Waals surface area contributed by atoms with Gasteiger partial charge >= 0.3 is 0 Å². The van der Waals surface area contributed by atoms with Gasteiger partial charge in [-0.15, -0.1) is 0 Å². The largest absolute Gasteiger partial charge is 0.379 e. The minimum absolute atomic E-state index is 0.338. The molecule has 0 saturated heterocycles. The topological polar surface area (TPSA) is 35.2 Å². The quantitative estimate of drug-likeness (QED) is 0.590. The van der Waals surface area contributed by atoms with Crippen LogP contribution in [0.25, 0.3) is 0 Å². The summed E-state index contributed by atoms with van der Waals surface area (Å²) in [6, 6.07) is 0. The first kappa shape index (κ1) is 7.92. The molecule has 2 nitrogen and oxygen atoms in total. The maximum Gasteiger partial charge on any atom is 0.0558 e. The van der Waals surface area contributed by atoms with E-state index in [4.69, 9.17) is 10.5 Å². The van der Waals surface area contributed by atoms with Gasteiger partial charge in [0, 0.05) is 6.61 Å². The van der Waals surface area contributed by atoms with Crippen LogP contribution in [0.1, 0.15) is 20.3 Å². The minimum Gasteiger partial charge on any atom is -0.379 e. The average molecular weight is 117 g/mol. The monoisotopic (exact) mass is 117 g/mol. The Bertz CT molecular complexity index is 41.8. The van der Waals surface area contributed by atoms with Crippen molar-refractivity contribution >= 4 is 0 Å². The number of hydrogen-bond donors (Lipinski definition) is 1. The molecule has 0 saturated carbocycles. The van der Waals surface area contributed by atoms with Crippen LogP contribution >= 0.6 is 0 Å². The van der Waals surface area contributed by atoms with E-state index in [1.54, 1.807) is 0 Å². The van der Waals surface area contributed by atoms with Crippen molar-refractivity contribution in [3.63, 3.8) is 0 Å². The third kappa shape index (κ3) is 4.09. The number of rotatable bonds is 4. The molecule has 0 rings (SSSR count). The fourth-order valence-corrected chi connectivity index (χ4v) is 0.603. The SMILES string of the molecule is CCO[C@@H](C)CCN. The Morgan fingerprint density at radius 1 is 1.62 bits per heavy atom. The molecular formula is C6H15NO. The molecule has 0 aliphatic carbocycles. The Morgan fingerprint density at radius 3 is 2.62 bits per heavy atom. The molecular weight excluding hydrogens is 102 g/mol. The normalized spacial score (nSPS) is 13.9. The van der Waals surface area contributed by atoms with Crippen molar-refractivity contribution < 1.29 is 4.74 Å². The molecule has 0 aromatic carbocycles. The van der Waals surface area contributed by atoms with Crippen LogP contribution in [0, 0.1) is 0 Å². The number of hydrogen-bond acceptors (Lipinski definition) is 2. The molecule has 0 aliphatic heterocycles. The standard InChI is InChI=1S/C6H15NO/c1-3-8-6(2)4-5-7/h6H,3-5,7H2,1-2H3/t6-/m0/s1. The van der Waals surface area contributed by atoms with Gasteiger partial charge < -0.3 is 10.5 Å². The van der Waals surface area contributed by atoms with Crippen LogP contribution in [0.5, 0.6) is 0 Å². The van der Waals surface area contributed by atoms with Gasteiger partial charge in [0.25, 0.3) is 0 Å². The van der Waals surface area contributed by atoms with Gasteiger partial charge in [-0.05, 0) is 26.8 Å². The zero-order chi connectivity index (χ0) is 6.41. The molecule has 1 atom stereocenters. The summed E-state index contributed by atoms with van der Waals surface area (Å²) < 4.78 is 5.20. The molecule has 2 N–H and O–H groups in total. The van der Waals surface area contributed by atoms with Gasteiger partial charge in [-0.2, -0.15) is 0 Å². The van der Waals surface area contributed by atoms with E-state index in [2.05, 4.69) is 0 Å². The first-order valence-corrected chi connectivity index (χ1v) is 3.13. The summed E-state index contributed by atoms with van der Waals surface area (Å²) in [5.41, 5.74) is 5.28. The molecule has 0 aromatic rings. The molecule has 0 aromatic heterocycles. The summed E-state index contributed by atoms with van der Waals surface area (Å²) in [4.78, 5) is 0. The van der Waals surface area contributed by atoms with Crippen LogP contribution in [-0.4, -0.2) is 19.3 Å².